The standard InChI is InChI=1S/C24H45NO11/c1-2-7-29-9-11-31-13-15-33-17-19-35-21-22-36-20-18-34-16-14-32-12-10-30-8-3-6-25-23(26)4-5-24(27)28/h2H,1,3-22H2,(H,25,26)(H,27,28). The highest BCUT2D eigenvalue weighted by Gasteiger charge is 2.04. The lowest BCUT2D eigenvalue weighted by Crippen LogP contribution is -2.25. The van der Waals surface area contributed by atoms with Crippen molar-refractivity contribution in [1.82, 2.24) is 5.32 Å². The van der Waals surface area contributed by atoms with Crippen LogP contribution in [0.2, 0.25) is 0 Å². The summed E-state index contributed by atoms with van der Waals surface area (Å²) in [5, 5.41) is 11.1. The van der Waals surface area contributed by atoms with Crippen LogP contribution >= 0.6 is 0 Å². The molecule has 0 spiro atoms. The number of hydrogen-bond acceptors (Lipinski definition) is 10. The third-order valence-corrected chi connectivity index (χ3v) is 4.19. The van der Waals surface area contributed by atoms with E-state index in [1.54, 1.807) is 6.08 Å². The maximum atomic E-state index is 11.3. The van der Waals surface area contributed by atoms with Gasteiger partial charge in [-0.3, -0.25) is 9.59 Å². The summed E-state index contributed by atoms with van der Waals surface area (Å²) in [6.07, 6.45) is 2.19. The zero-order valence-electron chi connectivity index (χ0n) is 21.5. The third-order valence-electron chi connectivity index (χ3n) is 4.19. The van der Waals surface area contributed by atoms with Crippen molar-refractivity contribution >= 4 is 11.9 Å². The summed E-state index contributed by atoms with van der Waals surface area (Å²) in [7, 11) is 0. The van der Waals surface area contributed by atoms with Crippen LogP contribution in [0, 0.1) is 0 Å². The summed E-state index contributed by atoms with van der Waals surface area (Å²) >= 11 is 0. The number of nitrogens with one attached hydrogen (secondary N) is 1. The average molecular weight is 524 g/mol. The summed E-state index contributed by atoms with van der Waals surface area (Å²) in [5.74, 6) is -1.24. The molecule has 0 bridgehead atoms. The first-order chi connectivity index (χ1) is 17.7. The van der Waals surface area contributed by atoms with E-state index in [1.807, 2.05) is 0 Å². The highest BCUT2D eigenvalue weighted by atomic mass is 16.6. The Labute approximate surface area is 214 Å². The molecular formula is C24H45NO11. The molecule has 0 rings (SSSR count). The van der Waals surface area contributed by atoms with Gasteiger partial charge in [0.25, 0.3) is 0 Å². The minimum absolute atomic E-state index is 0.00541. The molecule has 12 nitrogen and oxygen atoms in total. The minimum Gasteiger partial charge on any atom is -0.481 e. The van der Waals surface area contributed by atoms with E-state index in [2.05, 4.69) is 11.9 Å². The molecule has 0 unspecified atom stereocenters. The van der Waals surface area contributed by atoms with Gasteiger partial charge < -0.3 is 48.3 Å². The molecule has 0 aromatic heterocycles. The van der Waals surface area contributed by atoms with E-state index < -0.39 is 5.97 Å². The Hall–Kier alpha value is -1.64. The van der Waals surface area contributed by atoms with Gasteiger partial charge >= 0.3 is 5.97 Å². The number of carboxylic acids is 1. The summed E-state index contributed by atoms with van der Waals surface area (Å²) in [6.45, 7) is 12.1. The number of carboxylic acid groups (broad SMARTS) is 1. The lowest BCUT2D eigenvalue weighted by Gasteiger charge is -2.08. The van der Waals surface area contributed by atoms with E-state index in [-0.39, 0.29) is 18.7 Å². The van der Waals surface area contributed by atoms with E-state index in [4.69, 9.17) is 43.0 Å². The van der Waals surface area contributed by atoms with Gasteiger partial charge in [-0.2, -0.15) is 0 Å². The van der Waals surface area contributed by atoms with Crippen molar-refractivity contribution in [3.63, 3.8) is 0 Å². The Morgan fingerprint density at radius 3 is 1.31 bits per heavy atom. The molecule has 0 aromatic rings. The Bertz CT molecular complexity index is 508. The zero-order chi connectivity index (χ0) is 26.4. The topological polar surface area (TPSA) is 140 Å². The molecular weight excluding hydrogens is 478 g/mol. The Morgan fingerprint density at radius 1 is 0.583 bits per heavy atom. The van der Waals surface area contributed by atoms with Crippen molar-refractivity contribution in [1.29, 1.82) is 0 Å². The summed E-state index contributed by atoms with van der Waals surface area (Å²) in [4.78, 5) is 21.7. The quantitative estimate of drug-likeness (QED) is 0.101. The highest BCUT2D eigenvalue weighted by molar-refractivity contribution is 5.80. The molecule has 0 aromatic carbocycles. The maximum Gasteiger partial charge on any atom is 0.303 e. The number of carbonyl (C=O) groups excluding carboxylic acids is 1. The lowest BCUT2D eigenvalue weighted by atomic mass is 10.3. The number of rotatable bonds is 30. The largest absolute Gasteiger partial charge is 0.481 e. The van der Waals surface area contributed by atoms with E-state index in [9.17, 15) is 9.59 Å². The lowest BCUT2D eigenvalue weighted by molar-refractivity contribution is -0.138. The fraction of sp³-hybridized carbons (Fsp3) is 0.833. The number of carbonyl (C=O) groups is 2. The predicted molar refractivity (Wildman–Crippen MR) is 131 cm³/mol. The van der Waals surface area contributed by atoms with Crippen LogP contribution in [-0.2, 0) is 47.5 Å². The molecule has 0 aliphatic heterocycles. The van der Waals surface area contributed by atoms with Crippen molar-refractivity contribution in [3.8, 4) is 0 Å². The van der Waals surface area contributed by atoms with Gasteiger partial charge in [-0.25, -0.2) is 0 Å². The molecule has 36 heavy (non-hydrogen) atoms. The number of ether oxygens (including phenoxy) is 8. The van der Waals surface area contributed by atoms with E-state index in [0.717, 1.165) is 0 Å². The molecule has 0 heterocycles. The fourth-order valence-corrected chi connectivity index (χ4v) is 2.42. The van der Waals surface area contributed by atoms with Gasteiger partial charge in [0.15, 0.2) is 0 Å². The smallest absolute Gasteiger partial charge is 0.303 e. The van der Waals surface area contributed by atoms with Gasteiger partial charge in [0, 0.05) is 19.6 Å². The second-order valence-electron chi connectivity index (χ2n) is 7.25. The minimum atomic E-state index is -0.980. The summed E-state index contributed by atoms with van der Waals surface area (Å²) in [5.41, 5.74) is 0. The van der Waals surface area contributed by atoms with Crippen molar-refractivity contribution in [2.24, 2.45) is 0 Å². The molecule has 0 saturated heterocycles. The van der Waals surface area contributed by atoms with Crippen LogP contribution < -0.4 is 5.32 Å². The summed E-state index contributed by atoms with van der Waals surface area (Å²) in [6, 6.07) is 0. The molecule has 2 N–H and O–H groups in total. The maximum absolute atomic E-state index is 11.3. The molecule has 1 amide bonds. The molecule has 12 heteroatoms. The van der Waals surface area contributed by atoms with Crippen molar-refractivity contribution in [2.45, 2.75) is 19.3 Å². The highest BCUT2D eigenvalue weighted by Crippen LogP contribution is 1.90. The normalized spacial score (nSPS) is 11.0. The SMILES string of the molecule is C=CCOCCOCCOCCOCCOCCOCCOCCOCCCNC(=O)CCC(=O)O. The molecule has 0 fully saturated rings. The third kappa shape index (κ3) is 30.4. The van der Waals surface area contributed by atoms with Crippen molar-refractivity contribution < 1.29 is 52.6 Å². The van der Waals surface area contributed by atoms with Crippen molar-refractivity contribution in [2.75, 3.05) is 112 Å². The molecule has 0 radical (unpaired) electrons. The second-order valence-corrected chi connectivity index (χ2v) is 7.25. The molecule has 212 valence electrons. The van der Waals surface area contributed by atoms with Gasteiger partial charge in [0.2, 0.25) is 5.91 Å². The van der Waals surface area contributed by atoms with E-state index in [1.165, 1.54) is 0 Å². The number of amides is 1. The monoisotopic (exact) mass is 523 g/mol. The first kappa shape index (κ1) is 34.4. The van der Waals surface area contributed by atoms with E-state index in [0.29, 0.717) is 119 Å². The van der Waals surface area contributed by atoms with Crippen molar-refractivity contribution in [3.05, 3.63) is 12.7 Å². The molecule has 0 saturated carbocycles. The summed E-state index contributed by atoms with van der Waals surface area (Å²) < 4.78 is 43.0. The van der Waals surface area contributed by atoms with Gasteiger partial charge in [-0.1, -0.05) is 6.08 Å². The zero-order valence-corrected chi connectivity index (χ0v) is 21.5. The first-order valence-corrected chi connectivity index (χ1v) is 12.4. The van der Waals surface area contributed by atoms with Crippen LogP contribution in [0.5, 0.6) is 0 Å². The van der Waals surface area contributed by atoms with Gasteiger partial charge in [-0.05, 0) is 6.42 Å². The molecule has 0 aliphatic carbocycles. The molecule has 0 atom stereocenters. The Kier molecular flexibility index (Phi) is 28.2. The van der Waals surface area contributed by atoms with Crippen LogP contribution in [-0.4, -0.2) is 129 Å². The first-order valence-electron chi connectivity index (χ1n) is 12.4. The molecule has 0 aliphatic rings. The Balaban J connectivity index is 3.08. The number of hydrogen-bond donors (Lipinski definition) is 2. The van der Waals surface area contributed by atoms with Gasteiger partial charge in [0.05, 0.1) is 106 Å². The van der Waals surface area contributed by atoms with Gasteiger partial charge in [-0.15, -0.1) is 6.58 Å². The van der Waals surface area contributed by atoms with Crippen LogP contribution in [0.1, 0.15) is 19.3 Å². The van der Waals surface area contributed by atoms with Crippen LogP contribution in [0.25, 0.3) is 0 Å². The average Bonchev–Trinajstić information content (AvgIpc) is 2.87. The number of aliphatic carboxylic acids is 1. The van der Waals surface area contributed by atoms with E-state index >= 15 is 0 Å². The van der Waals surface area contributed by atoms with Crippen LogP contribution in [0.3, 0.4) is 0 Å². The second kappa shape index (κ2) is 29.6. The van der Waals surface area contributed by atoms with Gasteiger partial charge in [0.1, 0.15) is 0 Å². The fourth-order valence-electron chi connectivity index (χ4n) is 2.42. The Morgan fingerprint density at radius 2 is 0.944 bits per heavy atom. The van der Waals surface area contributed by atoms with Crippen LogP contribution in [0.15, 0.2) is 12.7 Å². The van der Waals surface area contributed by atoms with Crippen LogP contribution in [0.4, 0.5) is 0 Å². The predicted octanol–water partition coefficient (Wildman–Crippen LogP) is 0.676.